The molecule has 3 aromatic rings. The summed E-state index contributed by atoms with van der Waals surface area (Å²) in [6.45, 7) is 0.374. The first-order chi connectivity index (χ1) is 10.1. The molecule has 0 saturated carbocycles. The molecule has 5 heteroatoms. The van der Waals surface area contributed by atoms with E-state index in [2.05, 4.69) is 0 Å². The Labute approximate surface area is 125 Å². The first-order valence-corrected chi connectivity index (χ1v) is 6.64. The zero-order valence-corrected chi connectivity index (χ0v) is 11.6. The molecule has 4 nitrogen and oxygen atoms in total. The number of furan rings is 1. The summed E-state index contributed by atoms with van der Waals surface area (Å²) in [4.78, 5) is 10.9. The zero-order chi connectivity index (χ0) is 14.8. The van der Waals surface area contributed by atoms with Crippen molar-refractivity contribution in [2.24, 2.45) is 0 Å². The van der Waals surface area contributed by atoms with Crippen molar-refractivity contribution in [2.45, 2.75) is 6.61 Å². The highest BCUT2D eigenvalue weighted by atomic mass is 35.5. The van der Waals surface area contributed by atoms with Crippen LogP contribution in [0.4, 0.5) is 0 Å². The smallest absolute Gasteiger partial charge is 0.371 e. The Kier molecular flexibility index (Phi) is 3.54. The molecule has 1 heterocycles. The van der Waals surface area contributed by atoms with Crippen LogP contribution in [-0.2, 0) is 6.61 Å². The Bertz CT molecular complexity index is 793. The summed E-state index contributed by atoms with van der Waals surface area (Å²) in [6.07, 6.45) is 0. The summed E-state index contributed by atoms with van der Waals surface area (Å²) in [6, 6.07) is 14.3. The minimum atomic E-state index is -1.12. The molecule has 0 bridgehead atoms. The third-order valence-corrected chi connectivity index (χ3v) is 3.31. The number of aromatic carboxylic acids is 1. The van der Waals surface area contributed by atoms with Crippen LogP contribution in [0, 0.1) is 0 Å². The van der Waals surface area contributed by atoms with Gasteiger partial charge in [-0.3, -0.25) is 0 Å². The lowest BCUT2D eigenvalue weighted by Crippen LogP contribution is -1.95. The first kappa shape index (κ1) is 13.5. The fourth-order valence-electron chi connectivity index (χ4n) is 1.99. The monoisotopic (exact) mass is 302 g/mol. The van der Waals surface area contributed by atoms with Crippen molar-refractivity contribution in [3.8, 4) is 5.75 Å². The topological polar surface area (TPSA) is 59.7 Å². The van der Waals surface area contributed by atoms with E-state index in [0.717, 1.165) is 5.56 Å². The molecule has 1 aromatic heterocycles. The number of ether oxygens (including phenoxy) is 1. The van der Waals surface area contributed by atoms with Gasteiger partial charge in [0.2, 0.25) is 5.76 Å². The molecule has 0 spiro atoms. The van der Waals surface area contributed by atoms with E-state index >= 15 is 0 Å². The Morgan fingerprint density at radius 2 is 1.95 bits per heavy atom. The summed E-state index contributed by atoms with van der Waals surface area (Å²) in [5.74, 6) is -0.783. The lowest BCUT2D eigenvalue weighted by molar-refractivity contribution is 0.0665. The molecule has 0 atom stereocenters. The van der Waals surface area contributed by atoms with Crippen molar-refractivity contribution in [1.82, 2.24) is 0 Å². The number of rotatable bonds is 4. The minimum absolute atomic E-state index is 0.124. The Morgan fingerprint density at radius 1 is 1.19 bits per heavy atom. The van der Waals surface area contributed by atoms with Crippen LogP contribution in [0.3, 0.4) is 0 Å². The van der Waals surface area contributed by atoms with Crippen molar-refractivity contribution in [2.75, 3.05) is 0 Å². The Hall–Kier alpha value is -2.46. The molecule has 2 aromatic carbocycles. The summed E-state index contributed by atoms with van der Waals surface area (Å²) in [5.41, 5.74) is 1.44. The largest absolute Gasteiger partial charge is 0.487 e. The van der Waals surface area contributed by atoms with Gasteiger partial charge < -0.3 is 14.3 Å². The van der Waals surface area contributed by atoms with Gasteiger partial charge in [0.15, 0.2) is 0 Å². The van der Waals surface area contributed by atoms with E-state index in [-0.39, 0.29) is 5.76 Å². The van der Waals surface area contributed by atoms with Gasteiger partial charge in [-0.15, -0.1) is 0 Å². The predicted octanol–water partition coefficient (Wildman–Crippen LogP) is 4.36. The van der Waals surface area contributed by atoms with Gasteiger partial charge in [0.1, 0.15) is 17.9 Å². The quantitative estimate of drug-likeness (QED) is 0.777. The highest BCUT2D eigenvalue weighted by Crippen LogP contribution is 2.32. The third kappa shape index (κ3) is 2.85. The Morgan fingerprint density at radius 3 is 2.67 bits per heavy atom. The van der Waals surface area contributed by atoms with Gasteiger partial charge >= 0.3 is 5.97 Å². The van der Waals surface area contributed by atoms with Gasteiger partial charge in [-0.25, -0.2) is 4.79 Å². The van der Waals surface area contributed by atoms with Crippen molar-refractivity contribution >= 4 is 28.5 Å². The molecule has 0 radical (unpaired) electrons. The highest BCUT2D eigenvalue weighted by molar-refractivity contribution is 6.32. The maximum Gasteiger partial charge on any atom is 0.371 e. The number of carboxylic acids is 1. The molecular formula is C16H11ClO4. The van der Waals surface area contributed by atoms with E-state index in [9.17, 15) is 4.79 Å². The Balaban J connectivity index is 1.88. The average Bonchev–Trinajstić information content (AvgIpc) is 2.89. The van der Waals surface area contributed by atoms with Crippen LogP contribution < -0.4 is 4.74 Å². The summed E-state index contributed by atoms with van der Waals surface area (Å²) < 4.78 is 10.9. The van der Waals surface area contributed by atoms with Gasteiger partial charge in [-0.05, 0) is 17.7 Å². The van der Waals surface area contributed by atoms with Crippen molar-refractivity contribution in [1.29, 1.82) is 0 Å². The summed E-state index contributed by atoms with van der Waals surface area (Å²) in [7, 11) is 0. The number of benzene rings is 2. The third-order valence-electron chi connectivity index (χ3n) is 3.02. The van der Waals surface area contributed by atoms with E-state index < -0.39 is 5.97 Å². The SMILES string of the molecule is O=C(O)c1cc2cc(Cl)c(OCc3ccccc3)cc2o1. The van der Waals surface area contributed by atoms with Gasteiger partial charge in [0.25, 0.3) is 0 Å². The molecule has 0 aliphatic carbocycles. The van der Waals surface area contributed by atoms with Crippen LogP contribution in [0.15, 0.2) is 52.9 Å². The van der Waals surface area contributed by atoms with Gasteiger partial charge in [-0.1, -0.05) is 41.9 Å². The lowest BCUT2D eigenvalue weighted by Gasteiger charge is -2.07. The number of carboxylic acid groups (broad SMARTS) is 1. The molecule has 0 unspecified atom stereocenters. The average molecular weight is 303 g/mol. The normalized spacial score (nSPS) is 10.7. The van der Waals surface area contributed by atoms with Crippen molar-refractivity contribution in [3.63, 3.8) is 0 Å². The van der Waals surface area contributed by atoms with E-state index in [1.807, 2.05) is 30.3 Å². The van der Waals surface area contributed by atoms with E-state index in [1.54, 1.807) is 12.1 Å². The van der Waals surface area contributed by atoms with Gasteiger partial charge in [0.05, 0.1) is 5.02 Å². The molecule has 0 fully saturated rings. The van der Waals surface area contributed by atoms with Gasteiger partial charge in [0, 0.05) is 11.5 Å². The summed E-state index contributed by atoms with van der Waals surface area (Å²) >= 11 is 6.14. The van der Waals surface area contributed by atoms with Crippen LogP contribution >= 0.6 is 11.6 Å². The predicted molar refractivity (Wildman–Crippen MR) is 79.0 cm³/mol. The second kappa shape index (κ2) is 5.50. The lowest BCUT2D eigenvalue weighted by atomic mass is 10.2. The van der Waals surface area contributed by atoms with Crippen molar-refractivity contribution in [3.05, 3.63) is 64.9 Å². The maximum absolute atomic E-state index is 10.9. The first-order valence-electron chi connectivity index (χ1n) is 6.26. The second-order valence-electron chi connectivity index (χ2n) is 4.51. The number of fused-ring (bicyclic) bond motifs is 1. The molecule has 0 amide bonds. The number of hydrogen-bond acceptors (Lipinski definition) is 3. The molecule has 0 aliphatic heterocycles. The molecule has 1 N–H and O–H groups in total. The van der Waals surface area contributed by atoms with Crippen LogP contribution in [0.5, 0.6) is 5.75 Å². The molecule has 0 saturated heterocycles. The molecule has 106 valence electrons. The number of halogens is 1. The molecule has 0 aliphatic rings. The second-order valence-corrected chi connectivity index (χ2v) is 4.92. The zero-order valence-electron chi connectivity index (χ0n) is 10.9. The van der Waals surface area contributed by atoms with Crippen LogP contribution in [0.2, 0.25) is 5.02 Å². The van der Waals surface area contributed by atoms with E-state index in [0.29, 0.717) is 28.3 Å². The number of hydrogen-bond donors (Lipinski definition) is 1. The maximum atomic E-state index is 10.9. The van der Waals surface area contributed by atoms with E-state index in [1.165, 1.54) is 6.07 Å². The minimum Gasteiger partial charge on any atom is -0.487 e. The molecule has 21 heavy (non-hydrogen) atoms. The van der Waals surface area contributed by atoms with Crippen LogP contribution in [-0.4, -0.2) is 11.1 Å². The van der Waals surface area contributed by atoms with Crippen LogP contribution in [0.1, 0.15) is 16.1 Å². The molecular weight excluding hydrogens is 292 g/mol. The molecule has 3 rings (SSSR count). The highest BCUT2D eigenvalue weighted by Gasteiger charge is 2.13. The van der Waals surface area contributed by atoms with Crippen molar-refractivity contribution < 1.29 is 19.1 Å². The van der Waals surface area contributed by atoms with E-state index in [4.69, 9.17) is 25.9 Å². The van der Waals surface area contributed by atoms with Gasteiger partial charge in [-0.2, -0.15) is 0 Å². The van der Waals surface area contributed by atoms with Crippen LogP contribution in [0.25, 0.3) is 11.0 Å². The standard InChI is InChI=1S/C16H11ClO4/c17-12-6-11-7-15(16(18)19)21-13(11)8-14(12)20-9-10-4-2-1-3-5-10/h1-8H,9H2,(H,18,19). The number of carbonyl (C=O) groups is 1. The summed E-state index contributed by atoms with van der Waals surface area (Å²) in [5, 5.41) is 9.96. The fourth-order valence-corrected chi connectivity index (χ4v) is 2.22. The fraction of sp³-hybridized carbons (Fsp3) is 0.0625.